The number of carbonyl (C=O) groups is 3. The molecule has 0 aromatic heterocycles. The second-order valence-electron chi connectivity index (χ2n) is 13.0. The van der Waals surface area contributed by atoms with E-state index in [4.69, 9.17) is 4.74 Å². The predicted octanol–water partition coefficient (Wildman–Crippen LogP) is 3.02. The highest BCUT2D eigenvalue weighted by atomic mass is 16.5. The number of piperidine rings is 2. The Labute approximate surface area is 200 Å². The van der Waals surface area contributed by atoms with Crippen LogP contribution in [0.25, 0.3) is 0 Å². The SMILES string of the molecule is CC1CCN2CC34CC5(C(=O)Nc6c5ccc5c6C(=O)CC(C)(C)O5)C(C)(C)C3CC12C(=O)N4. The van der Waals surface area contributed by atoms with Gasteiger partial charge in [-0.3, -0.25) is 19.3 Å². The maximum absolute atomic E-state index is 14.0. The third kappa shape index (κ3) is 2.01. The van der Waals surface area contributed by atoms with Crippen LogP contribution in [0.4, 0.5) is 5.69 Å². The molecule has 6 heterocycles. The first-order valence-corrected chi connectivity index (χ1v) is 12.7. The minimum Gasteiger partial charge on any atom is -0.487 e. The molecule has 4 saturated heterocycles. The van der Waals surface area contributed by atoms with Gasteiger partial charge in [0, 0.05) is 6.54 Å². The van der Waals surface area contributed by atoms with Gasteiger partial charge in [-0.2, -0.15) is 0 Å². The monoisotopic (exact) mass is 463 g/mol. The fourth-order valence-corrected chi connectivity index (χ4v) is 9.09. The van der Waals surface area contributed by atoms with Gasteiger partial charge in [-0.15, -0.1) is 0 Å². The first-order valence-electron chi connectivity index (χ1n) is 12.7. The van der Waals surface area contributed by atoms with Crippen molar-refractivity contribution in [3.8, 4) is 5.75 Å². The summed E-state index contributed by atoms with van der Waals surface area (Å²) in [6, 6.07) is 3.87. The van der Waals surface area contributed by atoms with Gasteiger partial charge < -0.3 is 15.4 Å². The molecule has 7 nitrogen and oxygen atoms in total. The van der Waals surface area contributed by atoms with Crippen LogP contribution in [0, 0.1) is 17.3 Å². The Kier molecular flexibility index (Phi) is 3.50. The van der Waals surface area contributed by atoms with Crippen LogP contribution in [-0.4, -0.2) is 52.3 Å². The van der Waals surface area contributed by atoms with Crippen molar-refractivity contribution in [3.05, 3.63) is 23.3 Å². The number of Topliss-reactive ketones (excluding diaryl/α,β-unsaturated/α-hetero) is 1. The van der Waals surface area contributed by atoms with E-state index in [2.05, 4.69) is 36.3 Å². The third-order valence-corrected chi connectivity index (χ3v) is 10.7. The standard InChI is InChI=1S/C27H33N3O4/c1-14-8-9-30-13-25-12-26(24(4,5)18(25)11-27(14,30)22(33)29-25)15-6-7-17-19(20(15)28-21(26)32)16(31)10-23(2,3)34-17/h6-7,14,18H,8-13H2,1-5H3,(H,28,32)(H,29,33). The normalized spacial score (nSPS) is 42.6. The molecular formula is C27H33N3O4. The van der Waals surface area contributed by atoms with Crippen molar-refractivity contribution in [1.29, 1.82) is 0 Å². The van der Waals surface area contributed by atoms with Gasteiger partial charge in [0.25, 0.3) is 0 Å². The molecule has 2 amide bonds. The van der Waals surface area contributed by atoms with Crippen LogP contribution in [-0.2, 0) is 15.0 Å². The summed E-state index contributed by atoms with van der Waals surface area (Å²) < 4.78 is 6.14. The second kappa shape index (κ2) is 5.69. The zero-order chi connectivity index (χ0) is 24.1. The lowest BCUT2D eigenvalue weighted by molar-refractivity contribution is -0.160. The summed E-state index contributed by atoms with van der Waals surface area (Å²) in [7, 11) is 0. The molecule has 1 saturated carbocycles. The van der Waals surface area contributed by atoms with E-state index in [1.165, 1.54) is 0 Å². The third-order valence-electron chi connectivity index (χ3n) is 10.7. The lowest BCUT2D eigenvalue weighted by atomic mass is 9.56. The summed E-state index contributed by atoms with van der Waals surface area (Å²) >= 11 is 0. The molecule has 7 aliphatic rings. The molecule has 180 valence electrons. The number of anilines is 1. The number of carbonyl (C=O) groups excluding carboxylic acids is 3. The van der Waals surface area contributed by atoms with Gasteiger partial charge in [0.1, 0.15) is 16.9 Å². The van der Waals surface area contributed by atoms with Crippen LogP contribution >= 0.6 is 0 Å². The minimum absolute atomic E-state index is 0.00872. The van der Waals surface area contributed by atoms with Crippen LogP contribution in [0.15, 0.2) is 12.1 Å². The highest BCUT2D eigenvalue weighted by Gasteiger charge is 2.78. The number of ketones is 1. The first-order chi connectivity index (χ1) is 15.9. The van der Waals surface area contributed by atoms with Crippen molar-refractivity contribution in [2.75, 3.05) is 18.4 Å². The summed E-state index contributed by atoms with van der Waals surface area (Å²) in [6.07, 6.45) is 2.66. The van der Waals surface area contributed by atoms with Gasteiger partial charge >= 0.3 is 0 Å². The number of rotatable bonds is 0. The number of ether oxygens (including phenoxy) is 1. The lowest BCUT2D eigenvalue weighted by Gasteiger charge is -2.61. The van der Waals surface area contributed by atoms with Gasteiger partial charge in [0.2, 0.25) is 11.8 Å². The Morgan fingerprint density at radius 2 is 1.85 bits per heavy atom. The van der Waals surface area contributed by atoms with Crippen LogP contribution in [0.3, 0.4) is 0 Å². The van der Waals surface area contributed by atoms with Crippen LogP contribution in [0.2, 0.25) is 0 Å². The van der Waals surface area contributed by atoms with Crippen LogP contribution in [0.1, 0.15) is 76.2 Å². The summed E-state index contributed by atoms with van der Waals surface area (Å²) in [4.78, 5) is 43.2. The average molecular weight is 464 g/mol. The predicted molar refractivity (Wildman–Crippen MR) is 126 cm³/mol. The average Bonchev–Trinajstić information content (AvgIpc) is 3.28. The van der Waals surface area contributed by atoms with Gasteiger partial charge in [0.15, 0.2) is 5.78 Å². The Balaban J connectivity index is 1.41. The van der Waals surface area contributed by atoms with E-state index in [1.807, 2.05) is 26.0 Å². The van der Waals surface area contributed by atoms with Crippen molar-refractivity contribution in [2.45, 2.75) is 82.4 Å². The molecule has 2 bridgehead atoms. The fourth-order valence-electron chi connectivity index (χ4n) is 9.09. The molecule has 5 fully saturated rings. The van der Waals surface area contributed by atoms with Crippen molar-refractivity contribution in [2.24, 2.45) is 17.3 Å². The lowest BCUT2D eigenvalue weighted by Crippen LogP contribution is -2.79. The minimum atomic E-state index is -0.808. The van der Waals surface area contributed by atoms with Crippen molar-refractivity contribution < 1.29 is 19.1 Å². The highest BCUT2D eigenvalue weighted by molar-refractivity contribution is 6.15. The van der Waals surface area contributed by atoms with Gasteiger partial charge in [-0.05, 0) is 68.5 Å². The topological polar surface area (TPSA) is 87.7 Å². The first kappa shape index (κ1) is 20.9. The second-order valence-corrected chi connectivity index (χ2v) is 13.0. The van der Waals surface area contributed by atoms with E-state index in [9.17, 15) is 14.4 Å². The molecule has 0 radical (unpaired) electrons. The maximum Gasteiger partial charge on any atom is 0.241 e. The summed E-state index contributed by atoms with van der Waals surface area (Å²) in [6.45, 7) is 12.2. The Morgan fingerprint density at radius 1 is 1.09 bits per heavy atom. The van der Waals surface area contributed by atoms with E-state index in [0.29, 0.717) is 29.3 Å². The molecule has 2 N–H and O–H groups in total. The summed E-state index contributed by atoms with van der Waals surface area (Å²) in [5, 5.41) is 6.61. The maximum atomic E-state index is 14.0. The van der Waals surface area contributed by atoms with Gasteiger partial charge in [-0.25, -0.2) is 0 Å². The van der Waals surface area contributed by atoms with Gasteiger partial charge in [-0.1, -0.05) is 26.8 Å². The summed E-state index contributed by atoms with van der Waals surface area (Å²) in [5.41, 5.74) is -0.650. The van der Waals surface area contributed by atoms with E-state index in [-0.39, 0.29) is 29.9 Å². The molecule has 1 aliphatic carbocycles. The largest absolute Gasteiger partial charge is 0.487 e. The summed E-state index contributed by atoms with van der Waals surface area (Å²) in [5.74, 6) is 1.12. The number of hydrogen-bond donors (Lipinski definition) is 2. The van der Waals surface area contributed by atoms with E-state index >= 15 is 0 Å². The zero-order valence-electron chi connectivity index (χ0n) is 20.6. The number of hydrogen-bond acceptors (Lipinski definition) is 5. The molecule has 6 aliphatic heterocycles. The molecule has 3 spiro atoms. The number of nitrogens with one attached hydrogen (secondary N) is 2. The Hall–Kier alpha value is -2.41. The fraction of sp³-hybridized carbons (Fsp3) is 0.667. The number of fused-ring (bicyclic) bond motifs is 5. The number of benzene rings is 1. The smallest absolute Gasteiger partial charge is 0.241 e. The molecule has 1 aromatic rings. The van der Waals surface area contributed by atoms with E-state index in [0.717, 1.165) is 31.5 Å². The number of nitrogens with zero attached hydrogens (tertiary/aromatic N) is 1. The zero-order valence-corrected chi connectivity index (χ0v) is 20.6. The van der Waals surface area contributed by atoms with Crippen LogP contribution < -0.4 is 15.4 Å². The molecule has 34 heavy (non-hydrogen) atoms. The molecule has 1 aromatic carbocycles. The van der Waals surface area contributed by atoms with Crippen molar-refractivity contribution in [1.82, 2.24) is 10.2 Å². The quantitative estimate of drug-likeness (QED) is 0.618. The molecular weight excluding hydrogens is 430 g/mol. The Morgan fingerprint density at radius 3 is 2.62 bits per heavy atom. The number of piperazine rings is 1. The van der Waals surface area contributed by atoms with Crippen molar-refractivity contribution in [3.63, 3.8) is 0 Å². The molecule has 7 heteroatoms. The Bertz CT molecular complexity index is 1220. The molecule has 5 atom stereocenters. The van der Waals surface area contributed by atoms with E-state index < -0.39 is 27.5 Å². The van der Waals surface area contributed by atoms with E-state index in [1.54, 1.807) is 0 Å². The van der Waals surface area contributed by atoms with Crippen LogP contribution in [0.5, 0.6) is 5.75 Å². The number of amides is 2. The molecule has 8 rings (SSSR count). The highest BCUT2D eigenvalue weighted by Crippen LogP contribution is 2.70. The van der Waals surface area contributed by atoms with Gasteiger partial charge in [0.05, 0.1) is 28.6 Å². The molecule has 5 unspecified atom stereocenters. The van der Waals surface area contributed by atoms with Crippen molar-refractivity contribution >= 4 is 23.3 Å².